The lowest BCUT2D eigenvalue weighted by Gasteiger charge is -2.29. The number of alkyl halides is 3. The second-order valence-corrected chi connectivity index (χ2v) is 9.63. The van der Waals surface area contributed by atoms with Crippen molar-refractivity contribution in [2.24, 2.45) is 10.2 Å². The summed E-state index contributed by atoms with van der Waals surface area (Å²) in [5.74, 6) is -0.475. The van der Waals surface area contributed by atoms with Gasteiger partial charge in [-0.05, 0) is 41.3 Å². The lowest BCUT2D eigenvalue weighted by Crippen LogP contribution is -2.40. The van der Waals surface area contributed by atoms with Crippen molar-refractivity contribution in [3.05, 3.63) is 100 Å². The molecule has 2 heterocycles. The summed E-state index contributed by atoms with van der Waals surface area (Å²) in [5.41, 5.74) is -2.33. The predicted octanol–water partition coefficient (Wildman–Crippen LogP) is 7.04. The zero-order valence-corrected chi connectivity index (χ0v) is 20.4. The SMILES string of the molecule is COc1cc(C2(C(F)(F)F)CCN=N2)c(F)cc1-n1c(=O)ccc2cc(SCc3ccccc3)ccc21. The van der Waals surface area contributed by atoms with Crippen molar-refractivity contribution in [2.45, 2.75) is 28.8 Å². The monoisotopic (exact) mass is 527 g/mol. The third-order valence-electron chi connectivity index (χ3n) is 6.35. The van der Waals surface area contributed by atoms with E-state index in [0.29, 0.717) is 10.9 Å². The molecule has 0 saturated carbocycles. The minimum Gasteiger partial charge on any atom is -0.495 e. The Kier molecular flexibility index (Phi) is 6.53. The molecule has 0 saturated heterocycles. The molecule has 0 fully saturated rings. The minimum absolute atomic E-state index is 0.00343. The molecule has 37 heavy (non-hydrogen) atoms. The van der Waals surface area contributed by atoms with Crippen LogP contribution in [-0.4, -0.2) is 24.4 Å². The van der Waals surface area contributed by atoms with Crippen molar-refractivity contribution < 1.29 is 22.3 Å². The Bertz CT molecular complexity index is 1550. The van der Waals surface area contributed by atoms with E-state index < -0.39 is 35.1 Å². The molecule has 4 aromatic rings. The van der Waals surface area contributed by atoms with Gasteiger partial charge in [0.1, 0.15) is 11.6 Å². The molecule has 1 aliphatic heterocycles. The van der Waals surface area contributed by atoms with Gasteiger partial charge in [-0.15, -0.1) is 11.8 Å². The predicted molar refractivity (Wildman–Crippen MR) is 134 cm³/mol. The molecule has 0 amide bonds. The largest absolute Gasteiger partial charge is 0.495 e. The molecular weight excluding hydrogens is 506 g/mol. The van der Waals surface area contributed by atoms with E-state index in [1.54, 1.807) is 23.9 Å². The highest BCUT2D eigenvalue weighted by molar-refractivity contribution is 7.98. The van der Waals surface area contributed by atoms with Gasteiger partial charge in [0.15, 0.2) is 0 Å². The smallest absolute Gasteiger partial charge is 0.419 e. The number of hydrogen-bond donors (Lipinski definition) is 0. The Morgan fingerprint density at radius 2 is 1.84 bits per heavy atom. The van der Waals surface area contributed by atoms with E-state index in [0.717, 1.165) is 28.3 Å². The van der Waals surface area contributed by atoms with Crippen LogP contribution in [0.5, 0.6) is 5.75 Å². The van der Waals surface area contributed by atoms with Crippen LogP contribution in [0.3, 0.4) is 0 Å². The number of hydrogen-bond acceptors (Lipinski definition) is 5. The quantitative estimate of drug-likeness (QED) is 0.200. The van der Waals surface area contributed by atoms with Crippen molar-refractivity contribution in [1.82, 2.24) is 4.57 Å². The Hall–Kier alpha value is -3.66. The van der Waals surface area contributed by atoms with Gasteiger partial charge in [0.25, 0.3) is 5.56 Å². The number of methoxy groups -OCH3 is 1. The number of thioether (sulfide) groups is 1. The first-order valence-electron chi connectivity index (χ1n) is 11.4. The molecule has 0 N–H and O–H groups in total. The van der Waals surface area contributed by atoms with Crippen LogP contribution in [-0.2, 0) is 11.3 Å². The van der Waals surface area contributed by atoms with Crippen molar-refractivity contribution in [3.63, 3.8) is 0 Å². The number of ether oxygens (including phenoxy) is 1. The zero-order chi connectivity index (χ0) is 26.2. The van der Waals surface area contributed by atoms with Gasteiger partial charge in [0, 0.05) is 34.8 Å². The van der Waals surface area contributed by atoms with Crippen LogP contribution in [0, 0.1) is 5.82 Å². The van der Waals surface area contributed by atoms with Crippen LogP contribution < -0.4 is 10.3 Å². The fourth-order valence-corrected chi connectivity index (χ4v) is 5.37. The van der Waals surface area contributed by atoms with Crippen LogP contribution in [0.2, 0.25) is 0 Å². The molecule has 1 aromatic heterocycles. The van der Waals surface area contributed by atoms with E-state index in [4.69, 9.17) is 4.74 Å². The lowest BCUT2D eigenvalue weighted by molar-refractivity contribution is -0.188. The Morgan fingerprint density at radius 1 is 1.05 bits per heavy atom. The summed E-state index contributed by atoms with van der Waals surface area (Å²) in [6, 6.07) is 20.3. The molecule has 10 heteroatoms. The summed E-state index contributed by atoms with van der Waals surface area (Å²) in [6.45, 7) is -0.170. The first kappa shape index (κ1) is 25.0. The topological polar surface area (TPSA) is 56.0 Å². The molecule has 0 radical (unpaired) electrons. The van der Waals surface area contributed by atoms with Crippen LogP contribution in [0.4, 0.5) is 17.6 Å². The fraction of sp³-hybridized carbons (Fsp3) is 0.222. The van der Waals surface area contributed by atoms with Crippen molar-refractivity contribution in [2.75, 3.05) is 13.7 Å². The molecule has 0 bridgehead atoms. The van der Waals surface area contributed by atoms with Crippen molar-refractivity contribution in [1.29, 1.82) is 0 Å². The Labute approximate surface area is 213 Å². The van der Waals surface area contributed by atoms with Gasteiger partial charge in [-0.2, -0.15) is 23.4 Å². The number of pyridine rings is 1. The van der Waals surface area contributed by atoms with E-state index >= 15 is 4.39 Å². The molecule has 5 rings (SSSR count). The van der Waals surface area contributed by atoms with Crippen molar-refractivity contribution >= 4 is 22.7 Å². The third kappa shape index (κ3) is 4.50. The van der Waals surface area contributed by atoms with E-state index in [-0.39, 0.29) is 18.0 Å². The van der Waals surface area contributed by atoms with E-state index in [1.807, 2.05) is 42.5 Å². The summed E-state index contributed by atoms with van der Waals surface area (Å²) >= 11 is 1.62. The number of benzene rings is 3. The lowest BCUT2D eigenvalue weighted by atomic mass is 9.86. The van der Waals surface area contributed by atoms with E-state index in [2.05, 4.69) is 10.2 Å². The third-order valence-corrected chi connectivity index (χ3v) is 7.42. The van der Waals surface area contributed by atoms with Crippen LogP contribution in [0.1, 0.15) is 17.5 Å². The molecule has 1 atom stereocenters. The summed E-state index contributed by atoms with van der Waals surface area (Å²) in [7, 11) is 1.26. The summed E-state index contributed by atoms with van der Waals surface area (Å²) in [6.07, 6.45) is -5.36. The Balaban J connectivity index is 1.59. The number of fused-ring (bicyclic) bond motifs is 1. The second-order valence-electron chi connectivity index (χ2n) is 8.58. The van der Waals surface area contributed by atoms with Gasteiger partial charge in [-0.25, -0.2) is 4.39 Å². The summed E-state index contributed by atoms with van der Waals surface area (Å²) in [4.78, 5) is 13.9. The molecular formula is C27H21F4N3O2S. The molecule has 190 valence electrons. The highest BCUT2D eigenvalue weighted by Crippen LogP contribution is 2.50. The summed E-state index contributed by atoms with van der Waals surface area (Å²) < 4.78 is 64.0. The fourth-order valence-electron chi connectivity index (χ4n) is 4.47. The van der Waals surface area contributed by atoms with Gasteiger partial charge < -0.3 is 4.74 Å². The maximum atomic E-state index is 15.4. The van der Waals surface area contributed by atoms with Gasteiger partial charge in [-0.1, -0.05) is 30.3 Å². The average Bonchev–Trinajstić information content (AvgIpc) is 3.39. The number of azo groups is 1. The van der Waals surface area contributed by atoms with Crippen LogP contribution >= 0.6 is 11.8 Å². The van der Waals surface area contributed by atoms with Crippen molar-refractivity contribution in [3.8, 4) is 11.4 Å². The number of halogens is 4. The maximum Gasteiger partial charge on any atom is 0.419 e. The molecule has 1 unspecified atom stereocenters. The minimum atomic E-state index is -4.86. The highest BCUT2D eigenvalue weighted by atomic mass is 32.2. The maximum absolute atomic E-state index is 15.4. The number of aromatic nitrogens is 1. The summed E-state index contributed by atoms with van der Waals surface area (Å²) in [5, 5.41) is 7.60. The molecule has 0 aliphatic carbocycles. The normalized spacial score (nSPS) is 17.4. The van der Waals surface area contributed by atoms with E-state index in [9.17, 15) is 18.0 Å². The average molecular weight is 528 g/mol. The van der Waals surface area contributed by atoms with Crippen LogP contribution in [0.25, 0.3) is 16.6 Å². The van der Waals surface area contributed by atoms with Gasteiger partial charge in [-0.3, -0.25) is 9.36 Å². The van der Waals surface area contributed by atoms with E-state index in [1.165, 1.54) is 17.7 Å². The molecule has 3 aromatic carbocycles. The Morgan fingerprint density at radius 3 is 2.51 bits per heavy atom. The first-order valence-corrected chi connectivity index (χ1v) is 12.4. The molecule has 5 nitrogen and oxygen atoms in total. The molecule has 0 spiro atoms. The second kappa shape index (κ2) is 9.66. The van der Waals surface area contributed by atoms with Gasteiger partial charge in [0.05, 0.1) is 24.9 Å². The van der Waals surface area contributed by atoms with Crippen LogP contribution in [0.15, 0.2) is 92.7 Å². The highest BCUT2D eigenvalue weighted by Gasteiger charge is 2.59. The first-order chi connectivity index (χ1) is 17.7. The van der Waals surface area contributed by atoms with Gasteiger partial charge in [0.2, 0.25) is 5.54 Å². The molecule has 1 aliphatic rings. The number of nitrogens with zero attached hydrogens (tertiary/aromatic N) is 3. The standard InChI is InChI=1S/C27H21F4N3O2S/c1-36-24-14-20(26(27(29,30)31)11-12-32-33-26)21(28)15-23(24)34-22-9-8-19(13-18(22)7-10-25(34)35)37-16-17-5-3-2-4-6-17/h2-10,13-15H,11-12,16H2,1H3. The van der Waals surface area contributed by atoms with Gasteiger partial charge >= 0.3 is 6.18 Å². The number of rotatable bonds is 6. The zero-order valence-electron chi connectivity index (χ0n) is 19.6.